The molecule has 0 aliphatic carbocycles. The Kier molecular flexibility index (Phi) is 5.68. The van der Waals surface area contributed by atoms with Gasteiger partial charge < -0.3 is 19.5 Å². The summed E-state index contributed by atoms with van der Waals surface area (Å²) in [5.41, 5.74) is 1.21. The van der Waals surface area contributed by atoms with Crippen molar-refractivity contribution in [2.75, 3.05) is 26.4 Å². The number of rotatable bonds is 6. The van der Waals surface area contributed by atoms with E-state index in [1.54, 1.807) is 0 Å². The van der Waals surface area contributed by atoms with Crippen LogP contribution in [0.2, 0.25) is 0 Å². The van der Waals surface area contributed by atoms with E-state index in [0.29, 0.717) is 6.04 Å². The van der Waals surface area contributed by atoms with Gasteiger partial charge in [-0.05, 0) is 38.5 Å². The number of hydrogen-bond donors (Lipinski definition) is 1. The third kappa shape index (κ3) is 4.12. The van der Waals surface area contributed by atoms with Gasteiger partial charge in [0.2, 0.25) is 0 Å². The second-order valence-electron chi connectivity index (χ2n) is 5.21. The van der Waals surface area contributed by atoms with E-state index in [2.05, 4.69) is 31.3 Å². The SMILES string of the molecule is CCOCC(C)NC(C)c1ccc2c(c1)OCCCO2. The van der Waals surface area contributed by atoms with Crippen LogP contribution < -0.4 is 14.8 Å². The van der Waals surface area contributed by atoms with Crippen LogP contribution in [0.4, 0.5) is 0 Å². The molecule has 0 radical (unpaired) electrons. The number of ether oxygens (including phenoxy) is 3. The van der Waals surface area contributed by atoms with Gasteiger partial charge in [-0.1, -0.05) is 6.07 Å². The standard InChI is InChI=1S/C16H25NO3/c1-4-18-11-12(2)17-13(3)14-6-7-15-16(10-14)20-9-5-8-19-15/h6-7,10,12-13,17H,4-5,8-9,11H2,1-3H3. The van der Waals surface area contributed by atoms with Crippen LogP contribution in [0, 0.1) is 0 Å². The Bertz CT molecular complexity index is 422. The van der Waals surface area contributed by atoms with Crippen LogP contribution in [-0.2, 0) is 4.74 Å². The van der Waals surface area contributed by atoms with Crippen molar-refractivity contribution in [1.82, 2.24) is 5.32 Å². The molecule has 2 rings (SSSR count). The minimum Gasteiger partial charge on any atom is -0.490 e. The van der Waals surface area contributed by atoms with E-state index in [0.717, 1.165) is 44.3 Å². The van der Waals surface area contributed by atoms with Crippen molar-refractivity contribution in [2.45, 2.75) is 39.3 Å². The summed E-state index contributed by atoms with van der Waals surface area (Å²) in [5.74, 6) is 1.70. The summed E-state index contributed by atoms with van der Waals surface area (Å²) in [6, 6.07) is 6.75. The van der Waals surface area contributed by atoms with Gasteiger partial charge in [0.1, 0.15) is 0 Å². The number of benzene rings is 1. The van der Waals surface area contributed by atoms with Crippen LogP contribution in [0.15, 0.2) is 18.2 Å². The maximum Gasteiger partial charge on any atom is 0.161 e. The summed E-state index contributed by atoms with van der Waals surface area (Å²) >= 11 is 0. The second kappa shape index (κ2) is 7.50. The fraction of sp³-hybridized carbons (Fsp3) is 0.625. The zero-order valence-electron chi connectivity index (χ0n) is 12.6. The molecule has 0 aromatic heterocycles. The molecule has 0 saturated carbocycles. The van der Waals surface area contributed by atoms with E-state index < -0.39 is 0 Å². The fourth-order valence-corrected chi connectivity index (χ4v) is 2.31. The van der Waals surface area contributed by atoms with Gasteiger partial charge in [0, 0.05) is 25.1 Å². The third-order valence-corrected chi connectivity index (χ3v) is 3.38. The van der Waals surface area contributed by atoms with E-state index >= 15 is 0 Å². The highest BCUT2D eigenvalue weighted by atomic mass is 16.5. The second-order valence-corrected chi connectivity index (χ2v) is 5.21. The lowest BCUT2D eigenvalue weighted by atomic mass is 10.1. The van der Waals surface area contributed by atoms with Crippen LogP contribution in [0.3, 0.4) is 0 Å². The molecule has 112 valence electrons. The van der Waals surface area contributed by atoms with Crippen molar-refractivity contribution in [3.63, 3.8) is 0 Å². The van der Waals surface area contributed by atoms with Crippen LogP contribution in [-0.4, -0.2) is 32.5 Å². The molecule has 0 fully saturated rings. The molecular weight excluding hydrogens is 254 g/mol. The lowest BCUT2D eigenvalue weighted by Gasteiger charge is -2.21. The summed E-state index contributed by atoms with van der Waals surface area (Å²) < 4.78 is 16.8. The minimum atomic E-state index is 0.252. The molecule has 1 aromatic carbocycles. The van der Waals surface area contributed by atoms with Crippen molar-refractivity contribution in [3.8, 4) is 11.5 Å². The highest BCUT2D eigenvalue weighted by molar-refractivity contribution is 5.44. The van der Waals surface area contributed by atoms with Crippen molar-refractivity contribution >= 4 is 0 Å². The zero-order valence-corrected chi connectivity index (χ0v) is 12.6. The molecule has 0 amide bonds. The van der Waals surface area contributed by atoms with Crippen molar-refractivity contribution in [2.24, 2.45) is 0 Å². The van der Waals surface area contributed by atoms with Crippen LogP contribution in [0.25, 0.3) is 0 Å². The average Bonchev–Trinajstić information content (AvgIpc) is 2.69. The lowest BCUT2D eigenvalue weighted by molar-refractivity contribution is 0.124. The normalized spacial score (nSPS) is 17.4. The van der Waals surface area contributed by atoms with Crippen LogP contribution in [0.1, 0.15) is 38.8 Å². The van der Waals surface area contributed by atoms with Crippen molar-refractivity contribution in [3.05, 3.63) is 23.8 Å². The Morgan fingerprint density at radius 1 is 1.20 bits per heavy atom. The maximum atomic E-state index is 5.73. The molecule has 0 bridgehead atoms. The predicted molar refractivity (Wildman–Crippen MR) is 79.6 cm³/mol. The summed E-state index contributed by atoms with van der Waals surface area (Å²) in [4.78, 5) is 0. The van der Waals surface area contributed by atoms with E-state index in [-0.39, 0.29) is 6.04 Å². The summed E-state index contributed by atoms with van der Waals surface area (Å²) in [5, 5.41) is 3.53. The molecule has 1 heterocycles. The monoisotopic (exact) mass is 279 g/mol. The molecule has 20 heavy (non-hydrogen) atoms. The topological polar surface area (TPSA) is 39.7 Å². The Morgan fingerprint density at radius 2 is 1.95 bits per heavy atom. The molecule has 1 N–H and O–H groups in total. The maximum absolute atomic E-state index is 5.73. The molecule has 0 saturated heterocycles. The smallest absolute Gasteiger partial charge is 0.161 e. The van der Waals surface area contributed by atoms with Crippen LogP contribution in [0.5, 0.6) is 11.5 Å². The molecule has 0 spiro atoms. The molecule has 1 aromatic rings. The Balaban J connectivity index is 1.99. The number of hydrogen-bond acceptors (Lipinski definition) is 4. The van der Waals surface area contributed by atoms with Gasteiger partial charge in [-0.25, -0.2) is 0 Å². The van der Waals surface area contributed by atoms with Gasteiger partial charge in [0.25, 0.3) is 0 Å². The first-order chi connectivity index (χ1) is 9.70. The van der Waals surface area contributed by atoms with Gasteiger partial charge >= 0.3 is 0 Å². The average molecular weight is 279 g/mol. The molecule has 2 atom stereocenters. The molecule has 4 nitrogen and oxygen atoms in total. The quantitative estimate of drug-likeness (QED) is 0.869. The molecule has 1 aliphatic rings. The van der Waals surface area contributed by atoms with Gasteiger partial charge in [-0.15, -0.1) is 0 Å². The lowest BCUT2D eigenvalue weighted by Crippen LogP contribution is -2.32. The summed E-state index contributed by atoms with van der Waals surface area (Å²) in [6.45, 7) is 9.23. The van der Waals surface area contributed by atoms with Crippen LogP contribution >= 0.6 is 0 Å². The predicted octanol–water partition coefficient (Wildman–Crippen LogP) is 2.92. The molecule has 2 unspecified atom stereocenters. The third-order valence-electron chi connectivity index (χ3n) is 3.38. The summed E-state index contributed by atoms with van der Waals surface area (Å²) in [6.07, 6.45) is 0.934. The highest BCUT2D eigenvalue weighted by Gasteiger charge is 2.14. The number of nitrogens with one attached hydrogen (secondary N) is 1. The first kappa shape index (κ1) is 15.1. The Morgan fingerprint density at radius 3 is 2.70 bits per heavy atom. The van der Waals surface area contributed by atoms with Crippen molar-refractivity contribution < 1.29 is 14.2 Å². The number of fused-ring (bicyclic) bond motifs is 1. The minimum absolute atomic E-state index is 0.252. The first-order valence-electron chi connectivity index (χ1n) is 7.44. The molecule has 1 aliphatic heterocycles. The van der Waals surface area contributed by atoms with Gasteiger partial charge in [0.15, 0.2) is 11.5 Å². The van der Waals surface area contributed by atoms with E-state index in [9.17, 15) is 0 Å². The highest BCUT2D eigenvalue weighted by Crippen LogP contribution is 2.32. The van der Waals surface area contributed by atoms with Gasteiger partial charge in [0.05, 0.1) is 19.8 Å². The van der Waals surface area contributed by atoms with Gasteiger partial charge in [-0.3, -0.25) is 0 Å². The van der Waals surface area contributed by atoms with Crippen molar-refractivity contribution in [1.29, 1.82) is 0 Å². The first-order valence-corrected chi connectivity index (χ1v) is 7.44. The zero-order chi connectivity index (χ0) is 14.4. The summed E-state index contributed by atoms with van der Waals surface area (Å²) in [7, 11) is 0. The molecular formula is C16H25NO3. The van der Waals surface area contributed by atoms with Gasteiger partial charge in [-0.2, -0.15) is 0 Å². The Hall–Kier alpha value is -1.26. The Labute approximate surface area is 121 Å². The molecule has 4 heteroatoms. The largest absolute Gasteiger partial charge is 0.490 e. The van der Waals surface area contributed by atoms with E-state index in [4.69, 9.17) is 14.2 Å². The van der Waals surface area contributed by atoms with E-state index in [1.807, 2.05) is 13.0 Å². The van der Waals surface area contributed by atoms with E-state index in [1.165, 1.54) is 5.56 Å². The fourth-order valence-electron chi connectivity index (χ4n) is 2.31.